The molecule has 3 aliphatic rings. The van der Waals surface area contributed by atoms with Gasteiger partial charge in [0, 0.05) is 50.9 Å². The van der Waals surface area contributed by atoms with E-state index in [0.29, 0.717) is 62.9 Å². The van der Waals surface area contributed by atoms with Gasteiger partial charge in [0.25, 0.3) is 0 Å². The van der Waals surface area contributed by atoms with Gasteiger partial charge in [-0.15, -0.1) is 0 Å². The van der Waals surface area contributed by atoms with E-state index < -0.39 is 65.6 Å². The van der Waals surface area contributed by atoms with Crippen LogP contribution in [0.4, 0.5) is 4.79 Å². The molecule has 0 aromatic carbocycles. The summed E-state index contributed by atoms with van der Waals surface area (Å²) in [4.78, 5) is 32.8. The second kappa shape index (κ2) is 18.3. The molecule has 1 amide bonds. The first-order chi connectivity index (χ1) is 24.7. The minimum Gasteiger partial charge on any atom is -0.456 e. The lowest BCUT2D eigenvalue weighted by atomic mass is 9.75. The third-order valence-corrected chi connectivity index (χ3v) is 11.4. The van der Waals surface area contributed by atoms with Gasteiger partial charge < -0.3 is 48.4 Å². The number of carbonyl (C=O) groups excluding carboxylic acids is 2. The summed E-state index contributed by atoms with van der Waals surface area (Å²) in [5.74, 6) is -1.91. The fraction of sp³-hybridized carbons (Fsp3) is 0.895. The Balaban J connectivity index is 1.97. The molecule has 0 radical (unpaired) electrons. The van der Waals surface area contributed by atoms with Crippen LogP contribution in [0.1, 0.15) is 108 Å². The molecule has 0 spiro atoms. The third-order valence-electron chi connectivity index (χ3n) is 11.4. The highest BCUT2D eigenvalue weighted by Crippen LogP contribution is 2.44. The monoisotopic (exact) mass is 753 g/mol. The molecular formula is C38H67N5O10. The number of amides is 1. The van der Waals surface area contributed by atoms with Crippen LogP contribution in [0.5, 0.6) is 0 Å². The maximum absolute atomic E-state index is 13.3. The van der Waals surface area contributed by atoms with Crippen LogP contribution in [0.15, 0.2) is 16.4 Å². The largest absolute Gasteiger partial charge is 0.456 e. The van der Waals surface area contributed by atoms with E-state index in [-0.39, 0.29) is 24.0 Å². The number of nitrogens with zero attached hydrogens (tertiary/aromatic N) is 5. The number of likely N-dealkylation sites (N-methyl/N-ethyl adjacent to an activating group) is 1. The normalized spacial score (nSPS) is 31.5. The molecular weight excluding hydrogens is 686 g/mol. The number of cyclic esters (lactones) is 2. The first kappa shape index (κ1) is 44.7. The van der Waals surface area contributed by atoms with E-state index in [4.69, 9.17) is 34.0 Å². The van der Waals surface area contributed by atoms with Crippen molar-refractivity contribution >= 4 is 12.1 Å². The van der Waals surface area contributed by atoms with Gasteiger partial charge in [0.05, 0.1) is 35.5 Å². The van der Waals surface area contributed by atoms with Crippen molar-refractivity contribution < 1.29 is 48.2 Å². The van der Waals surface area contributed by atoms with Crippen molar-refractivity contribution in [3.63, 3.8) is 0 Å². The lowest BCUT2D eigenvalue weighted by Gasteiger charge is -2.48. The molecule has 2 saturated heterocycles. The summed E-state index contributed by atoms with van der Waals surface area (Å²) in [6.07, 6.45) is -0.835. The van der Waals surface area contributed by atoms with E-state index >= 15 is 0 Å². The van der Waals surface area contributed by atoms with Gasteiger partial charge in [-0.1, -0.05) is 32.8 Å². The molecule has 304 valence electrons. The van der Waals surface area contributed by atoms with Crippen LogP contribution in [0, 0.1) is 17.8 Å². The molecule has 2 N–H and O–H groups in total. The molecule has 4 unspecified atom stereocenters. The van der Waals surface area contributed by atoms with Crippen LogP contribution < -0.4 is 0 Å². The molecule has 0 aliphatic carbocycles. The van der Waals surface area contributed by atoms with Crippen molar-refractivity contribution in [3.8, 4) is 0 Å². The fourth-order valence-corrected chi connectivity index (χ4v) is 8.79. The lowest BCUT2D eigenvalue weighted by molar-refractivity contribution is -0.298. The maximum Gasteiger partial charge on any atom is 0.410 e. The topological polar surface area (TPSA) is 185 Å². The average molecular weight is 754 g/mol. The van der Waals surface area contributed by atoms with Crippen molar-refractivity contribution in [2.24, 2.45) is 22.9 Å². The number of hydrogen-bond acceptors (Lipinski definition) is 12. The standard InChI is InChI=1S/C38H67N5O10/c1-14-28(44)38(10)31(43(35(47)53-38)18-16-15-17-40-41-39)23(3)19-22(2)21-37(9,48-13)32(25(5)30-26(6)33(46)52-36(7,8)51-30)50-34-29(45)27(42(11)12)20-24(4)49-34/h22-25,27-29,31-32,34,44-45H,14-21H2,1-13H3/t22?,23-,24?,25-,27?,28+,29?,31+,32+,34-,37+,38+/m0/s1. The van der Waals surface area contributed by atoms with Crippen LogP contribution in [-0.2, 0) is 33.2 Å². The number of aliphatic hydroxyl groups excluding tert-OH is 2. The zero-order chi connectivity index (χ0) is 40.1. The van der Waals surface area contributed by atoms with Crippen molar-refractivity contribution in [3.05, 3.63) is 21.8 Å². The summed E-state index contributed by atoms with van der Waals surface area (Å²) in [6, 6.07) is -0.626. The number of ether oxygens (including phenoxy) is 6. The van der Waals surface area contributed by atoms with E-state index in [1.807, 2.05) is 46.7 Å². The number of rotatable bonds is 19. The van der Waals surface area contributed by atoms with Crippen LogP contribution >= 0.6 is 0 Å². The number of esters is 1. The van der Waals surface area contributed by atoms with Gasteiger partial charge in [0.1, 0.15) is 11.9 Å². The van der Waals surface area contributed by atoms with Crippen LogP contribution in [0.2, 0.25) is 0 Å². The lowest BCUT2D eigenvalue weighted by Crippen LogP contribution is -2.58. The van der Waals surface area contributed by atoms with E-state index in [1.54, 1.807) is 39.7 Å². The van der Waals surface area contributed by atoms with Crippen LogP contribution in [0.3, 0.4) is 0 Å². The molecule has 15 heteroatoms. The fourth-order valence-electron chi connectivity index (χ4n) is 8.79. The number of carbonyl (C=O) groups is 2. The molecule has 0 aromatic heterocycles. The maximum atomic E-state index is 13.3. The van der Waals surface area contributed by atoms with Crippen LogP contribution in [-0.4, -0.2) is 126 Å². The molecule has 3 aliphatic heterocycles. The molecule has 0 saturated carbocycles. The van der Waals surface area contributed by atoms with Gasteiger partial charge in [-0.2, -0.15) is 0 Å². The first-order valence-corrected chi connectivity index (χ1v) is 19.2. The SMILES string of the molecule is CC[C@@H](O)[C@@]1(C)OC(=O)N(CCCCN=[N+]=[N-])[C@@H]1[C@@H](C)CC(C)C[C@@](C)(OC)[C@H](O[C@@H]1OC(C)CC(N(C)C)C1O)[C@@H](C)C1=C(C)C(=O)OC(C)(C)O1. The Bertz CT molecular complexity index is 1340. The minimum absolute atomic E-state index is 0.00631. The second-order valence-corrected chi connectivity index (χ2v) is 16.6. The molecule has 3 heterocycles. The summed E-state index contributed by atoms with van der Waals surface area (Å²) in [5, 5.41) is 26.3. The summed E-state index contributed by atoms with van der Waals surface area (Å²) < 4.78 is 37.2. The van der Waals surface area contributed by atoms with Crippen molar-refractivity contribution in [2.45, 2.75) is 168 Å². The number of unbranched alkanes of at least 4 members (excludes halogenated alkanes) is 1. The Morgan fingerprint density at radius 1 is 1.15 bits per heavy atom. The molecule has 3 rings (SSSR count). The highest BCUT2D eigenvalue weighted by atomic mass is 16.7. The summed E-state index contributed by atoms with van der Waals surface area (Å²) in [6.45, 7) is 19.5. The third kappa shape index (κ3) is 10.4. The minimum atomic E-state index is -1.20. The Kier molecular flexibility index (Phi) is 15.5. The van der Waals surface area contributed by atoms with E-state index in [0.717, 1.165) is 0 Å². The van der Waals surface area contributed by atoms with Gasteiger partial charge >= 0.3 is 12.1 Å². The Morgan fingerprint density at radius 2 is 1.81 bits per heavy atom. The van der Waals surface area contributed by atoms with Gasteiger partial charge in [-0.3, -0.25) is 0 Å². The molecule has 0 bridgehead atoms. The highest BCUT2D eigenvalue weighted by molar-refractivity contribution is 5.89. The Hall–Kier alpha value is -2.65. The quantitative estimate of drug-likeness (QED) is 0.0525. The number of hydrogen-bond donors (Lipinski definition) is 2. The highest BCUT2D eigenvalue weighted by Gasteiger charge is 2.56. The molecule has 53 heavy (non-hydrogen) atoms. The van der Waals surface area contributed by atoms with Crippen molar-refractivity contribution in [2.75, 3.05) is 34.3 Å². The van der Waals surface area contributed by atoms with Gasteiger partial charge in [-0.25, -0.2) is 9.59 Å². The van der Waals surface area contributed by atoms with Gasteiger partial charge in [0.2, 0.25) is 5.79 Å². The summed E-state index contributed by atoms with van der Waals surface area (Å²) in [5.41, 5.74) is 6.87. The Morgan fingerprint density at radius 3 is 2.40 bits per heavy atom. The molecule has 12 atom stereocenters. The van der Waals surface area contributed by atoms with Gasteiger partial charge in [0.15, 0.2) is 11.9 Å². The molecule has 2 fully saturated rings. The van der Waals surface area contributed by atoms with Gasteiger partial charge in [-0.05, 0) is 97.7 Å². The predicted octanol–water partition coefficient (Wildman–Crippen LogP) is 5.92. The zero-order valence-corrected chi connectivity index (χ0v) is 34.3. The number of methoxy groups -OCH3 is 1. The summed E-state index contributed by atoms with van der Waals surface area (Å²) in [7, 11) is 5.46. The van der Waals surface area contributed by atoms with Crippen molar-refractivity contribution in [1.82, 2.24) is 9.80 Å². The summed E-state index contributed by atoms with van der Waals surface area (Å²) >= 11 is 0. The smallest absolute Gasteiger partial charge is 0.410 e. The van der Waals surface area contributed by atoms with E-state index in [1.165, 1.54) is 0 Å². The van der Waals surface area contributed by atoms with Crippen molar-refractivity contribution in [1.29, 1.82) is 0 Å². The van der Waals surface area contributed by atoms with E-state index in [9.17, 15) is 19.8 Å². The predicted molar refractivity (Wildman–Crippen MR) is 198 cm³/mol. The van der Waals surface area contributed by atoms with Crippen LogP contribution in [0.25, 0.3) is 10.4 Å². The first-order valence-electron chi connectivity index (χ1n) is 19.2. The zero-order valence-electron chi connectivity index (χ0n) is 34.3. The Labute approximate surface area is 316 Å². The van der Waals surface area contributed by atoms with E-state index in [2.05, 4.69) is 23.9 Å². The molecule has 15 nitrogen and oxygen atoms in total. The number of azide groups is 1. The second-order valence-electron chi connectivity index (χ2n) is 16.6. The molecule has 0 aromatic rings. The number of aliphatic hydroxyl groups is 2. The average Bonchev–Trinajstić information content (AvgIpc) is 3.34.